The monoisotopic (exact) mass is 510 g/mol. The van der Waals surface area contributed by atoms with Gasteiger partial charge in [0.05, 0.1) is 29.1 Å². The van der Waals surface area contributed by atoms with Crippen molar-refractivity contribution in [1.29, 1.82) is 0 Å². The zero-order valence-corrected chi connectivity index (χ0v) is 18.2. The van der Waals surface area contributed by atoms with Gasteiger partial charge in [0.1, 0.15) is 18.9 Å². The topological polar surface area (TPSA) is 89.4 Å². The maximum Gasteiger partial charge on any atom is 0.317 e. The molecule has 8 heteroatoms. The Morgan fingerprint density at radius 1 is 1.07 bits per heavy atom. The van der Waals surface area contributed by atoms with Gasteiger partial charge in [0.15, 0.2) is 0 Å². The Bertz CT molecular complexity index is 1110. The van der Waals surface area contributed by atoms with E-state index in [0.717, 1.165) is 13.1 Å². The Labute approximate surface area is 176 Å². The van der Waals surface area contributed by atoms with Gasteiger partial charge in [0.25, 0.3) is 7.82 Å². The lowest BCUT2D eigenvalue weighted by atomic mass is 9.97. The summed E-state index contributed by atoms with van der Waals surface area (Å²) in [4.78, 5) is 22.9. The van der Waals surface area contributed by atoms with E-state index in [0.29, 0.717) is 0 Å². The molecule has 28 heavy (non-hydrogen) atoms. The quantitative estimate of drug-likeness (QED) is 0.192. The summed E-state index contributed by atoms with van der Waals surface area (Å²) in [6.45, 7) is 4.08. The molecule has 0 bridgehead atoms. The molecule has 0 unspecified atom stereocenters. The number of rotatable bonds is 3. The zero-order chi connectivity index (χ0) is 20.3. The molecule has 4 rings (SSSR count). The van der Waals surface area contributed by atoms with Gasteiger partial charge in [0, 0.05) is 5.56 Å². The fourth-order valence-corrected chi connectivity index (χ4v) is 4.08. The molecule has 0 aliphatic rings. The van der Waals surface area contributed by atoms with Crippen LogP contribution in [0.25, 0.3) is 21.5 Å². The van der Waals surface area contributed by atoms with Crippen LogP contribution in [0.15, 0.2) is 67.0 Å². The van der Waals surface area contributed by atoms with Crippen LogP contribution in [0.5, 0.6) is 0 Å². The standard InChI is InChI=1S/C20H18IN2.H3O4P/c1-2-22-11-12-23(20(22)21)14-19-17-9-5-3-7-15(17)13-16-8-4-6-10-18(16)19;1-5(2,3)4/h3-13H,2,14H2,1H3;(H3,1,2,3,4)/q+1;/p-1. The second kappa shape index (κ2) is 8.71. The van der Waals surface area contributed by atoms with Gasteiger partial charge in [0.2, 0.25) is 0 Å². The molecule has 1 aromatic heterocycles. The molecule has 0 atom stereocenters. The first-order valence-corrected chi connectivity index (χ1v) is 11.3. The predicted molar refractivity (Wildman–Crippen MR) is 116 cm³/mol. The minimum Gasteiger partial charge on any atom is -0.756 e. The molecule has 146 valence electrons. The minimum atomic E-state index is -4.89. The smallest absolute Gasteiger partial charge is 0.317 e. The van der Waals surface area contributed by atoms with Crippen molar-refractivity contribution in [1.82, 2.24) is 4.57 Å². The van der Waals surface area contributed by atoms with Gasteiger partial charge < -0.3 is 14.7 Å². The van der Waals surface area contributed by atoms with Crippen LogP contribution in [0, 0.1) is 3.83 Å². The lowest BCUT2D eigenvalue weighted by molar-refractivity contribution is -0.700. The van der Waals surface area contributed by atoms with Gasteiger partial charge in [-0.05, 0) is 34.5 Å². The molecule has 0 saturated carbocycles. The van der Waals surface area contributed by atoms with E-state index in [9.17, 15) is 0 Å². The Morgan fingerprint density at radius 3 is 2.04 bits per heavy atom. The number of halogens is 1. The first-order chi connectivity index (χ1) is 13.3. The second-order valence-electron chi connectivity index (χ2n) is 6.27. The number of fused-ring (bicyclic) bond motifs is 2. The molecule has 4 aromatic rings. The normalized spacial score (nSPS) is 11.5. The molecular formula is C20H20IN2O4P. The lowest BCUT2D eigenvalue weighted by Gasteiger charge is -2.10. The summed E-state index contributed by atoms with van der Waals surface area (Å²) in [5.41, 5.74) is 1.40. The first-order valence-electron chi connectivity index (χ1n) is 8.68. The summed E-state index contributed by atoms with van der Waals surface area (Å²) < 4.78 is 14.6. The highest BCUT2D eigenvalue weighted by Crippen LogP contribution is 2.28. The summed E-state index contributed by atoms with van der Waals surface area (Å²) in [6.07, 6.45) is 4.34. The van der Waals surface area contributed by atoms with Crippen LogP contribution in [0.3, 0.4) is 0 Å². The molecule has 0 saturated heterocycles. The molecular weight excluding hydrogens is 490 g/mol. The van der Waals surface area contributed by atoms with Gasteiger partial charge in [-0.3, -0.25) is 4.57 Å². The van der Waals surface area contributed by atoms with Crippen LogP contribution in [0.2, 0.25) is 0 Å². The summed E-state index contributed by atoms with van der Waals surface area (Å²) in [6, 6.07) is 19.7. The Kier molecular flexibility index (Phi) is 6.52. The number of benzene rings is 3. The molecule has 6 nitrogen and oxygen atoms in total. The second-order valence-corrected chi connectivity index (χ2v) is 8.22. The fraction of sp³-hybridized carbons (Fsp3) is 0.150. The molecule has 0 radical (unpaired) electrons. The number of hydrogen-bond donors (Lipinski definition) is 2. The minimum absolute atomic E-state index is 0.896. The van der Waals surface area contributed by atoms with Crippen LogP contribution in [0.4, 0.5) is 0 Å². The molecule has 0 amide bonds. The van der Waals surface area contributed by atoms with Crippen molar-refractivity contribution in [3.63, 3.8) is 0 Å². The number of nitrogens with zero attached hydrogens (tertiary/aromatic N) is 2. The average molecular weight is 510 g/mol. The number of aryl methyl sites for hydroxylation is 1. The number of imidazole rings is 1. The molecule has 0 aliphatic heterocycles. The SMILES string of the molecule is CCn1cc[n+](Cc2c3ccccc3cc3ccccc23)c1I.O=P([O-])(O)O. The van der Waals surface area contributed by atoms with E-state index < -0.39 is 7.82 Å². The molecule has 0 spiro atoms. The molecule has 1 heterocycles. The van der Waals surface area contributed by atoms with E-state index in [1.807, 2.05) is 0 Å². The van der Waals surface area contributed by atoms with Gasteiger partial charge in [-0.25, -0.2) is 9.13 Å². The van der Waals surface area contributed by atoms with Crippen molar-refractivity contribution in [2.45, 2.75) is 20.0 Å². The van der Waals surface area contributed by atoms with Crippen molar-refractivity contribution in [2.75, 3.05) is 0 Å². The highest BCUT2D eigenvalue weighted by Gasteiger charge is 2.16. The van der Waals surface area contributed by atoms with Crippen LogP contribution < -0.4 is 9.46 Å². The van der Waals surface area contributed by atoms with Crippen LogP contribution in [-0.2, 0) is 17.7 Å². The fourth-order valence-electron chi connectivity index (χ4n) is 3.25. The largest absolute Gasteiger partial charge is 0.756 e. The van der Waals surface area contributed by atoms with Crippen LogP contribution >= 0.6 is 30.4 Å². The van der Waals surface area contributed by atoms with E-state index >= 15 is 0 Å². The third-order valence-electron chi connectivity index (χ3n) is 4.45. The maximum absolute atomic E-state index is 8.77. The zero-order valence-electron chi connectivity index (χ0n) is 15.2. The highest BCUT2D eigenvalue weighted by molar-refractivity contribution is 14.1. The van der Waals surface area contributed by atoms with Gasteiger partial charge in [-0.1, -0.05) is 48.5 Å². The molecule has 3 aromatic carbocycles. The highest BCUT2D eigenvalue weighted by atomic mass is 127. The first kappa shape index (κ1) is 21.0. The summed E-state index contributed by atoms with van der Waals surface area (Å²) in [5, 5.41) is 5.32. The van der Waals surface area contributed by atoms with Gasteiger partial charge in [-0.15, -0.1) is 0 Å². The van der Waals surface area contributed by atoms with Gasteiger partial charge in [-0.2, -0.15) is 0 Å². The Hall–Kier alpha value is -1.77. The van der Waals surface area contributed by atoms with Crippen LogP contribution in [0.1, 0.15) is 12.5 Å². The molecule has 0 fully saturated rings. The average Bonchev–Trinajstić information content (AvgIpc) is 3.00. The summed E-state index contributed by atoms with van der Waals surface area (Å²) >= 11 is 2.44. The third kappa shape index (κ3) is 4.98. The summed E-state index contributed by atoms with van der Waals surface area (Å²) in [7, 11) is -4.89. The van der Waals surface area contributed by atoms with Crippen molar-refractivity contribution in [3.8, 4) is 0 Å². The Morgan fingerprint density at radius 2 is 1.57 bits per heavy atom. The molecule has 0 aliphatic carbocycles. The van der Waals surface area contributed by atoms with Gasteiger partial charge >= 0.3 is 3.83 Å². The van der Waals surface area contributed by atoms with E-state index in [1.54, 1.807) is 0 Å². The van der Waals surface area contributed by atoms with Crippen molar-refractivity contribution >= 4 is 52.0 Å². The van der Waals surface area contributed by atoms with E-state index in [1.165, 1.54) is 30.9 Å². The number of aromatic nitrogens is 2. The van der Waals surface area contributed by atoms with Crippen molar-refractivity contribution in [3.05, 3.63) is 76.4 Å². The molecule has 2 N–H and O–H groups in total. The van der Waals surface area contributed by atoms with E-state index in [4.69, 9.17) is 19.2 Å². The van der Waals surface area contributed by atoms with E-state index in [-0.39, 0.29) is 0 Å². The van der Waals surface area contributed by atoms with Crippen molar-refractivity contribution in [2.24, 2.45) is 0 Å². The van der Waals surface area contributed by atoms with Crippen molar-refractivity contribution < 1.29 is 23.8 Å². The predicted octanol–water partition coefficient (Wildman–Crippen LogP) is 3.19. The third-order valence-corrected chi connectivity index (χ3v) is 5.69. The van der Waals surface area contributed by atoms with Crippen LogP contribution in [-0.4, -0.2) is 14.4 Å². The Balaban J connectivity index is 0.000000403. The maximum atomic E-state index is 8.77. The summed E-state index contributed by atoms with van der Waals surface area (Å²) in [5.74, 6) is 0. The lowest BCUT2D eigenvalue weighted by Crippen LogP contribution is -2.36. The van der Waals surface area contributed by atoms with E-state index in [2.05, 4.69) is 106 Å². The number of hydrogen-bond acceptors (Lipinski definition) is 2. The number of phosphoric acid groups is 1.